The van der Waals surface area contributed by atoms with Crippen molar-refractivity contribution in [2.24, 2.45) is 0 Å². The van der Waals surface area contributed by atoms with Crippen molar-refractivity contribution in [2.75, 3.05) is 0 Å². The molecule has 0 radical (unpaired) electrons. The van der Waals surface area contributed by atoms with Crippen molar-refractivity contribution in [1.29, 1.82) is 0 Å². The zero-order valence-electron chi connectivity index (χ0n) is 13.0. The molecule has 1 heterocycles. The summed E-state index contributed by atoms with van der Waals surface area (Å²) in [6.07, 6.45) is 5.36. The van der Waals surface area contributed by atoms with Crippen LogP contribution in [0.3, 0.4) is 0 Å². The van der Waals surface area contributed by atoms with E-state index in [0.717, 1.165) is 22.4 Å². The lowest BCUT2D eigenvalue weighted by atomic mass is 9.93. The fourth-order valence-electron chi connectivity index (χ4n) is 2.88. The van der Waals surface area contributed by atoms with E-state index in [1.54, 1.807) is 12.5 Å². The summed E-state index contributed by atoms with van der Waals surface area (Å²) >= 11 is 0. The summed E-state index contributed by atoms with van der Waals surface area (Å²) < 4.78 is 1.91. The van der Waals surface area contributed by atoms with E-state index in [1.165, 1.54) is 5.56 Å². The van der Waals surface area contributed by atoms with Gasteiger partial charge in [0.15, 0.2) is 5.78 Å². The van der Waals surface area contributed by atoms with Crippen LogP contribution in [0, 0.1) is 20.8 Å². The number of nitrogens with zero attached hydrogens (tertiary/aromatic N) is 2. The summed E-state index contributed by atoms with van der Waals surface area (Å²) in [4.78, 5) is 16.8. The zero-order chi connectivity index (χ0) is 15.7. The van der Waals surface area contributed by atoms with Crippen LogP contribution in [-0.4, -0.2) is 15.3 Å². The molecule has 0 aliphatic rings. The summed E-state index contributed by atoms with van der Waals surface area (Å²) in [6, 6.07) is 11.7. The number of hydrogen-bond acceptors (Lipinski definition) is 2. The lowest BCUT2D eigenvalue weighted by Crippen LogP contribution is -2.07. The summed E-state index contributed by atoms with van der Waals surface area (Å²) in [6.45, 7) is 6.04. The van der Waals surface area contributed by atoms with Crippen molar-refractivity contribution in [3.05, 3.63) is 82.9 Å². The van der Waals surface area contributed by atoms with Crippen LogP contribution in [0.25, 0.3) is 5.69 Å². The molecule has 0 amide bonds. The van der Waals surface area contributed by atoms with Gasteiger partial charge in [0.1, 0.15) is 0 Å². The van der Waals surface area contributed by atoms with Gasteiger partial charge in [-0.1, -0.05) is 17.7 Å². The number of aryl methyl sites for hydroxylation is 3. The molecular formula is C19H18N2O. The number of ketones is 1. The van der Waals surface area contributed by atoms with Crippen LogP contribution in [0.4, 0.5) is 0 Å². The van der Waals surface area contributed by atoms with Gasteiger partial charge in [0.25, 0.3) is 0 Å². The SMILES string of the molecule is Cc1cc(C)c(C(=O)c2ccc(-n3ccnc3)cc2)c(C)c1. The second-order valence-corrected chi connectivity index (χ2v) is 5.62. The highest BCUT2D eigenvalue weighted by Crippen LogP contribution is 2.21. The van der Waals surface area contributed by atoms with Crippen LogP contribution in [0.5, 0.6) is 0 Å². The standard InChI is InChI=1S/C19H18N2O/c1-13-10-14(2)18(15(3)11-13)19(22)16-4-6-17(7-5-16)21-9-8-20-12-21/h4-12H,1-3H3. The van der Waals surface area contributed by atoms with Gasteiger partial charge >= 0.3 is 0 Å². The van der Waals surface area contributed by atoms with Crippen LogP contribution >= 0.6 is 0 Å². The summed E-state index contributed by atoms with van der Waals surface area (Å²) in [7, 11) is 0. The van der Waals surface area contributed by atoms with Crippen molar-refractivity contribution >= 4 is 5.78 Å². The van der Waals surface area contributed by atoms with Crippen LogP contribution in [0.1, 0.15) is 32.6 Å². The van der Waals surface area contributed by atoms with E-state index in [1.807, 2.05) is 55.8 Å². The first-order valence-electron chi connectivity index (χ1n) is 7.27. The number of rotatable bonds is 3. The maximum Gasteiger partial charge on any atom is 0.193 e. The van der Waals surface area contributed by atoms with Crippen LogP contribution < -0.4 is 0 Å². The Hall–Kier alpha value is -2.68. The molecule has 3 nitrogen and oxygen atoms in total. The van der Waals surface area contributed by atoms with Crippen LogP contribution in [0.15, 0.2) is 55.1 Å². The van der Waals surface area contributed by atoms with Gasteiger partial charge in [0.05, 0.1) is 6.33 Å². The Bertz CT molecular complexity index is 792. The Morgan fingerprint density at radius 2 is 1.64 bits per heavy atom. The molecule has 3 aromatic rings. The number of carbonyl (C=O) groups is 1. The number of imidazole rings is 1. The van der Waals surface area contributed by atoms with Gasteiger partial charge in [-0.3, -0.25) is 4.79 Å². The monoisotopic (exact) mass is 290 g/mol. The second-order valence-electron chi connectivity index (χ2n) is 5.62. The third-order valence-electron chi connectivity index (χ3n) is 3.84. The second kappa shape index (κ2) is 5.60. The minimum Gasteiger partial charge on any atom is -0.306 e. The Labute approximate surface area is 130 Å². The summed E-state index contributed by atoms with van der Waals surface area (Å²) in [5.41, 5.74) is 5.75. The smallest absolute Gasteiger partial charge is 0.193 e. The minimum absolute atomic E-state index is 0.0761. The van der Waals surface area contributed by atoms with E-state index < -0.39 is 0 Å². The Kier molecular flexibility index (Phi) is 3.63. The molecule has 0 spiro atoms. The molecule has 0 fully saturated rings. The molecule has 3 rings (SSSR count). The van der Waals surface area contributed by atoms with Gasteiger partial charge in [0, 0.05) is 29.2 Å². The predicted octanol–water partition coefficient (Wildman–Crippen LogP) is 4.03. The van der Waals surface area contributed by atoms with E-state index in [-0.39, 0.29) is 5.78 Å². The molecule has 2 aromatic carbocycles. The quantitative estimate of drug-likeness (QED) is 0.683. The van der Waals surface area contributed by atoms with E-state index in [2.05, 4.69) is 17.1 Å². The number of benzene rings is 2. The molecule has 0 N–H and O–H groups in total. The molecule has 0 bridgehead atoms. The molecule has 0 aliphatic carbocycles. The van der Waals surface area contributed by atoms with Crippen molar-refractivity contribution < 1.29 is 4.79 Å². The van der Waals surface area contributed by atoms with E-state index in [4.69, 9.17) is 0 Å². The average molecular weight is 290 g/mol. The number of hydrogen-bond donors (Lipinski definition) is 0. The largest absolute Gasteiger partial charge is 0.306 e. The van der Waals surface area contributed by atoms with Crippen molar-refractivity contribution in [3.63, 3.8) is 0 Å². The average Bonchev–Trinajstić information content (AvgIpc) is 3.00. The molecule has 0 saturated carbocycles. The van der Waals surface area contributed by atoms with Gasteiger partial charge in [-0.05, 0) is 56.2 Å². The van der Waals surface area contributed by atoms with Gasteiger partial charge < -0.3 is 4.57 Å². The fourth-order valence-corrected chi connectivity index (χ4v) is 2.88. The first-order valence-corrected chi connectivity index (χ1v) is 7.27. The lowest BCUT2D eigenvalue weighted by Gasteiger charge is -2.11. The highest BCUT2D eigenvalue weighted by Gasteiger charge is 2.15. The molecule has 0 unspecified atom stereocenters. The third kappa shape index (κ3) is 2.58. The molecule has 1 aromatic heterocycles. The van der Waals surface area contributed by atoms with Crippen LogP contribution in [0.2, 0.25) is 0 Å². The van der Waals surface area contributed by atoms with Gasteiger partial charge in [0.2, 0.25) is 0 Å². The minimum atomic E-state index is 0.0761. The zero-order valence-corrected chi connectivity index (χ0v) is 13.0. The third-order valence-corrected chi connectivity index (χ3v) is 3.84. The highest BCUT2D eigenvalue weighted by atomic mass is 16.1. The predicted molar refractivity (Wildman–Crippen MR) is 87.6 cm³/mol. The van der Waals surface area contributed by atoms with Crippen molar-refractivity contribution in [1.82, 2.24) is 9.55 Å². The maximum atomic E-state index is 12.8. The lowest BCUT2D eigenvalue weighted by molar-refractivity contribution is 0.103. The molecule has 3 heteroatoms. The van der Waals surface area contributed by atoms with E-state index >= 15 is 0 Å². The molecule has 0 aliphatic heterocycles. The Morgan fingerprint density at radius 1 is 1.00 bits per heavy atom. The van der Waals surface area contributed by atoms with Gasteiger partial charge in [-0.2, -0.15) is 0 Å². The Balaban J connectivity index is 1.96. The molecular weight excluding hydrogens is 272 g/mol. The van der Waals surface area contributed by atoms with E-state index in [0.29, 0.717) is 5.56 Å². The summed E-state index contributed by atoms with van der Waals surface area (Å²) in [5, 5.41) is 0. The van der Waals surface area contributed by atoms with E-state index in [9.17, 15) is 4.79 Å². The van der Waals surface area contributed by atoms with Crippen molar-refractivity contribution in [2.45, 2.75) is 20.8 Å². The first kappa shape index (κ1) is 14.3. The molecule has 0 saturated heterocycles. The fraction of sp³-hybridized carbons (Fsp3) is 0.158. The Morgan fingerprint density at radius 3 is 2.18 bits per heavy atom. The number of aromatic nitrogens is 2. The van der Waals surface area contributed by atoms with Gasteiger partial charge in [-0.25, -0.2) is 4.98 Å². The number of carbonyl (C=O) groups excluding carboxylic acids is 1. The molecule has 0 atom stereocenters. The van der Waals surface area contributed by atoms with Crippen molar-refractivity contribution in [3.8, 4) is 5.69 Å². The van der Waals surface area contributed by atoms with Crippen LogP contribution in [-0.2, 0) is 0 Å². The maximum absolute atomic E-state index is 12.8. The summed E-state index contributed by atoms with van der Waals surface area (Å²) in [5.74, 6) is 0.0761. The van der Waals surface area contributed by atoms with Gasteiger partial charge in [-0.15, -0.1) is 0 Å². The highest BCUT2D eigenvalue weighted by molar-refractivity contribution is 6.10. The first-order chi connectivity index (χ1) is 10.6. The molecule has 22 heavy (non-hydrogen) atoms. The molecule has 110 valence electrons. The topological polar surface area (TPSA) is 34.9 Å². The normalized spacial score (nSPS) is 10.7.